The van der Waals surface area contributed by atoms with Crippen molar-refractivity contribution in [2.45, 2.75) is 13.1 Å². The Kier molecular flexibility index (Phi) is 5.81. The highest BCUT2D eigenvalue weighted by Crippen LogP contribution is 2.26. The number of ether oxygens (including phenoxy) is 2. The average Bonchev–Trinajstić information content (AvgIpc) is 2.30. The van der Waals surface area contributed by atoms with Crippen LogP contribution in [0.1, 0.15) is 17.3 Å². The van der Waals surface area contributed by atoms with Crippen LogP contribution in [-0.2, 0) is 4.74 Å². The van der Waals surface area contributed by atoms with E-state index in [1.165, 1.54) is 12.1 Å². The number of alkyl halides is 3. The summed E-state index contributed by atoms with van der Waals surface area (Å²) in [4.78, 5) is 11.6. The Morgan fingerprint density at radius 2 is 2.05 bits per heavy atom. The highest BCUT2D eigenvalue weighted by Gasteiger charge is 2.27. The summed E-state index contributed by atoms with van der Waals surface area (Å²) in [5, 5.41) is 0. The molecule has 0 unspecified atom stereocenters. The van der Waals surface area contributed by atoms with Crippen molar-refractivity contribution in [3.05, 3.63) is 28.2 Å². The molecule has 0 aliphatic heterocycles. The summed E-state index contributed by atoms with van der Waals surface area (Å²) in [6.45, 7) is 0.244. The first-order chi connectivity index (χ1) is 8.83. The van der Waals surface area contributed by atoms with Gasteiger partial charge in [-0.25, -0.2) is 0 Å². The van der Waals surface area contributed by atoms with Gasteiger partial charge < -0.3 is 9.47 Å². The van der Waals surface area contributed by atoms with E-state index in [9.17, 15) is 18.0 Å². The number of carbonyl (C=O) groups excluding carboxylic acids is 1. The predicted molar refractivity (Wildman–Crippen MR) is 66.5 cm³/mol. The molecule has 1 rings (SSSR count). The lowest BCUT2D eigenvalue weighted by atomic mass is 10.1. The second-order valence-corrected chi connectivity index (χ2v) is 4.46. The first-order valence-electron chi connectivity index (χ1n) is 5.43. The molecule has 106 valence electrons. The lowest BCUT2D eigenvalue weighted by Crippen LogP contribution is -2.20. The van der Waals surface area contributed by atoms with Crippen LogP contribution in [0, 0.1) is 0 Å². The van der Waals surface area contributed by atoms with Crippen LogP contribution in [0.4, 0.5) is 13.2 Å². The Bertz CT molecular complexity index is 446. The van der Waals surface area contributed by atoms with E-state index in [0.29, 0.717) is 16.8 Å². The van der Waals surface area contributed by atoms with E-state index in [-0.39, 0.29) is 5.56 Å². The molecule has 0 aliphatic rings. The Balaban J connectivity index is 2.60. The summed E-state index contributed by atoms with van der Waals surface area (Å²) in [6, 6.07) is 4.55. The van der Waals surface area contributed by atoms with Gasteiger partial charge in [0.2, 0.25) is 0 Å². The second kappa shape index (κ2) is 6.91. The van der Waals surface area contributed by atoms with Gasteiger partial charge in [-0.3, -0.25) is 4.79 Å². The molecule has 0 aromatic heterocycles. The van der Waals surface area contributed by atoms with Crippen LogP contribution in [-0.4, -0.2) is 31.8 Å². The standard InChI is InChI=1S/C12H12BrF3O3/c1-2-19-11-4-3-8(5-9(11)13)10(17)6-18-7-12(14,15)16/h3-5H,2,6-7H2,1H3. The molecule has 0 fully saturated rings. The quantitative estimate of drug-likeness (QED) is 0.742. The molecule has 0 radical (unpaired) electrons. The molecule has 1 aromatic rings. The van der Waals surface area contributed by atoms with Gasteiger partial charge in [0.05, 0.1) is 11.1 Å². The molecule has 0 aliphatic carbocycles. The molecule has 0 atom stereocenters. The number of rotatable bonds is 6. The maximum atomic E-state index is 11.8. The minimum Gasteiger partial charge on any atom is -0.493 e. The summed E-state index contributed by atoms with van der Waals surface area (Å²) in [5.74, 6) is 0.0447. The maximum Gasteiger partial charge on any atom is 0.411 e. The molecule has 19 heavy (non-hydrogen) atoms. The van der Waals surface area contributed by atoms with Crippen molar-refractivity contribution in [3.8, 4) is 5.75 Å². The van der Waals surface area contributed by atoms with Gasteiger partial charge in [0.15, 0.2) is 5.78 Å². The largest absolute Gasteiger partial charge is 0.493 e. The third-order valence-corrected chi connectivity index (χ3v) is 2.67. The fourth-order valence-corrected chi connectivity index (χ4v) is 1.78. The zero-order valence-corrected chi connectivity index (χ0v) is 11.7. The molecule has 3 nitrogen and oxygen atoms in total. The van der Waals surface area contributed by atoms with E-state index in [1.54, 1.807) is 6.07 Å². The number of halogens is 4. The van der Waals surface area contributed by atoms with Crippen LogP contribution < -0.4 is 4.74 Å². The van der Waals surface area contributed by atoms with E-state index >= 15 is 0 Å². The molecular weight excluding hydrogens is 329 g/mol. The summed E-state index contributed by atoms with van der Waals surface area (Å²) in [5.41, 5.74) is 0.262. The monoisotopic (exact) mass is 340 g/mol. The van der Waals surface area contributed by atoms with Gasteiger partial charge in [-0.05, 0) is 41.1 Å². The van der Waals surface area contributed by atoms with Gasteiger partial charge in [-0.15, -0.1) is 0 Å². The third kappa shape index (κ3) is 5.61. The molecule has 1 aromatic carbocycles. The maximum absolute atomic E-state index is 11.8. The van der Waals surface area contributed by atoms with Gasteiger partial charge in [0, 0.05) is 5.56 Å². The number of hydrogen-bond donors (Lipinski definition) is 0. The summed E-state index contributed by atoms with van der Waals surface area (Å²) in [7, 11) is 0. The van der Waals surface area contributed by atoms with Crippen LogP contribution in [0.3, 0.4) is 0 Å². The highest BCUT2D eigenvalue weighted by atomic mass is 79.9. The van der Waals surface area contributed by atoms with Gasteiger partial charge in [0.25, 0.3) is 0 Å². The Hall–Kier alpha value is -1.08. The highest BCUT2D eigenvalue weighted by molar-refractivity contribution is 9.10. The van der Waals surface area contributed by atoms with Crippen LogP contribution in [0.2, 0.25) is 0 Å². The number of ketones is 1. The summed E-state index contributed by atoms with van der Waals surface area (Å²) in [6.07, 6.45) is -4.43. The fourth-order valence-electron chi connectivity index (χ4n) is 1.29. The molecule has 0 saturated heterocycles. The summed E-state index contributed by atoms with van der Waals surface area (Å²) < 4.78 is 45.7. The summed E-state index contributed by atoms with van der Waals surface area (Å²) >= 11 is 3.22. The fraction of sp³-hybridized carbons (Fsp3) is 0.417. The van der Waals surface area contributed by atoms with Gasteiger partial charge in [-0.2, -0.15) is 13.2 Å². The van der Waals surface area contributed by atoms with Crippen molar-refractivity contribution in [2.75, 3.05) is 19.8 Å². The van der Waals surface area contributed by atoms with Crippen LogP contribution in [0.5, 0.6) is 5.75 Å². The normalized spacial score (nSPS) is 11.4. The minimum atomic E-state index is -4.43. The molecule has 0 bridgehead atoms. The molecule has 0 amide bonds. The van der Waals surface area contributed by atoms with E-state index in [4.69, 9.17) is 4.74 Å². The molecular formula is C12H12BrF3O3. The lowest BCUT2D eigenvalue weighted by molar-refractivity contribution is -0.170. The topological polar surface area (TPSA) is 35.5 Å². The molecule has 0 saturated carbocycles. The van der Waals surface area contributed by atoms with Crippen LogP contribution >= 0.6 is 15.9 Å². The minimum absolute atomic E-state index is 0.262. The zero-order chi connectivity index (χ0) is 14.5. The van der Waals surface area contributed by atoms with Gasteiger partial charge in [0.1, 0.15) is 19.0 Å². The van der Waals surface area contributed by atoms with Crippen molar-refractivity contribution in [2.24, 2.45) is 0 Å². The Labute approximate surface area is 116 Å². The smallest absolute Gasteiger partial charge is 0.411 e. The first kappa shape index (κ1) is 16.0. The number of Topliss-reactive ketones (excluding diaryl/α,β-unsaturated/α-hetero) is 1. The van der Waals surface area contributed by atoms with Gasteiger partial charge >= 0.3 is 6.18 Å². The van der Waals surface area contributed by atoms with Crippen molar-refractivity contribution in [3.63, 3.8) is 0 Å². The predicted octanol–water partition coefficient (Wildman–Crippen LogP) is 3.61. The van der Waals surface area contributed by atoms with Crippen molar-refractivity contribution in [1.29, 1.82) is 0 Å². The molecule has 7 heteroatoms. The molecule has 0 N–H and O–H groups in total. The third-order valence-electron chi connectivity index (χ3n) is 2.05. The SMILES string of the molecule is CCOc1ccc(C(=O)COCC(F)(F)F)cc1Br. The second-order valence-electron chi connectivity index (χ2n) is 3.61. The van der Waals surface area contributed by atoms with E-state index in [2.05, 4.69) is 20.7 Å². The van der Waals surface area contributed by atoms with Crippen molar-refractivity contribution < 1.29 is 27.4 Å². The molecule has 0 heterocycles. The number of carbonyl (C=O) groups is 1. The number of benzene rings is 1. The Morgan fingerprint density at radius 1 is 1.37 bits per heavy atom. The van der Waals surface area contributed by atoms with Crippen LogP contribution in [0.25, 0.3) is 0 Å². The van der Waals surface area contributed by atoms with Crippen LogP contribution in [0.15, 0.2) is 22.7 Å². The van der Waals surface area contributed by atoms with Crippen molar-refractivity contribution >= 4 is 21.7 Å². The van der Waals surface area contributed by atoms with E-state index in [1.807, 2.05) is 6.92 Å². The Morgan fingerprint density at radius 3 is 2.58 bits per heavy atom. The molecule has 0 spiro atoms. The lowest BCUT2D eigenvalue weighted by Gasteiger charge is -2.09. The van der Waals surface area contributed by atoms with E-state index < -0.39 is 25.2 Å². The zero-order valence-electron chi connectivity index (χ0n) is 10.1. The van der Waals surface area contributed by atoms with Crippen molar-refractivity contribution in [1.82, 2.24) is 0 Å². The number of hydrogen-bond acceptors (Lipinski definition) is 3. The van der Waals surface area contributed by atoms with Gasteiger partial charge in [-0.1, -0.05) is 0 Å². The average molecular weight is 341 g/mol. The first-order valence-corrected chi connectivity index (χ1v) is 6.23. The van der Waals surface area contributed by atoms with E-state index in [0.717, 1.165) is 0 Å².